The summed E-state index contributed by atoms with van der Waals surface area (Å²) in [5.41, 5.74) is 1.88. The molecule has 5 heteroatoms. The molecule has 0 aliphatic heterocycles. The molecule has 1 aliphatic rings. The molecule has 5 nitrogen and oxygen atoms in total. The first-order chi connectivity index (χ1) is 13.0. The van der Waals surface area contributed by atoms with Crippen molar-refractivity contribution in [3.05, 3.63) is 71.8 Å². The van der Waals surface area contributed by atoms with Crippen molar-refractivity contribution in [3.8, 4) is 0 Å². The summed E-state index contributed by atoms with van der Waals surface area (Å²) < 4.78 is 0. The van der Waals surface area contributed by atoms with E-state index in [9.17, 15) is 20.1 Å². The van der Waals surface area contributed by atoms with E-state index in [1.807, 2.05) is 60.7 Å². The van der Waals surface area contributed by atoms with Crippen LogP contribution in [0.25, 0.3) is 0 Å². The fourth-order valence-electron chi connectivity index (χ4n) is 3.88. The van der Waals surface area contributed by atoms with Crippen LogP contribution in [-0.2, 0) is 17.6 Å². The molecule has 144 valence electrons. The minimum atomic E-state index is -1.18. The molecule has 1 amide bonds. The molecule has 1 fully saturated rings. The zero-order chi connectivity index (χ0) is 19.2. The lowest BCUT2D eigenvalue weighted by atomic mass is 9.89. The largest absolute Gasteiger partial charge is 0.393 e. The van der Waals surface area contributed by atoms with Gasteiger partial charge in [-0.3, -0.25) is 4.79 Å². The Morgan fingerprint density at radius 1 is 0.889 bits per heavy atom. The third kappa shape index (κ3) is 5.16. The quantitative estimate of drug-likeness (QED) is 0.595. The molecule has 0 bridgehead atoms. The number of rotatable bonds is 7. The molecule has 2 aromatic carbocycles. The van der Waals surface area contributed by atoms with Gasteiger partial charge in [0.15, 0.2) is 0 Å². The van der Waals surface area contributed by atoms with Gasteiger partial charge in [0, 0.05) is 18.4 Å². The molecule has 0 radical (unpaired) electrons. The lowest BCUT2D eigenvalue weighted by Gasteiger charge is -2.30. The van der Waals surface area contributed by atoms with E-state index in [0.717, 1.165) is 11.1 Å². The van der Waals surface area contributed by atoms with Crippen LogP contribution in [0, 0.1) is 5.92 Å². The maximum absolute atomic E-state index is 12.6. The Labute approximate surface area is 159 Å². The van der Waals surface area contributed by atoms with Crippen molar-refractivity contribution >= 4 is 5.91 Å². The summed E-state index contributed by atoms with van der Waals surface area (Å²) in [7, 11) is 0. The van der Waals surface area contributed by atoms with Crippen LogP contribution in [-0.4, -0.2) is 45.6 Å². The standard InChI is InChI=1S/C22H27NO4/c24-18-11-12-19(25)21(18)17(13-15-7-3-1-4-8-15)23-22(27)20(26)14-16-9-5-2-6-10-16/h1-10,17-21,24-26H,11-14H2,(H,23,27)/t17-,18-,19-,20?/m0/s1. The highest BCUT2D eigenvalue weighted by molar-refractivity contribution is 5.81. The fourth-order valence-corrected chi connectivity index (χ4v) is 3.88. The molecule has 1 aliphatic carbocycles. The summed E-state index contributed by atoms with van der Waals surface area (Å²) in [5.74, 6) is -0.927. The number of nitrogens with one attached hydrogen (secondary N) is 1. The number of benzene rings is 2. The van der Waals surface area contributed by atoms with Crippen molar-refractivity contribution in [2.75, 3.05) is 0 Å². The highest BCUT2D eigenvalue weighted by atomic mass is 16.3. The van der Waals surface area contributed by atoms with Crippen molar-refractivity contribution in [3.63, 3.8) is 0 Å². The smallest absolute Gasteiger partial charge is 0.249 e. The van der Waals surface area contributed by atoms with Crippen LogP contribution in [0.5, 0.6) is 0 Å². The monoisotopic (exact) mass is 369 g/mol. The third-order valence-corrected chi connectivity index (χ3v) is 5.31. The third-order valence-electron chi connectivity index (χ3n) is 5.31. The van der Waals surface area contributed by atoms with Crippen LogP contribution in [0.1, 0.15) is 24.0 Å². The second-order valence-corrected chi connectivity index (χ2v) is 7.30. The number of aliphatic hydroxyl groups excluding tert-OH is 3. The van der Waals surface area contributed by atoms with E-state index >= 15 is 0 Å². The van der Waals surface area contributed by atoms with Crippen LogP contribution < -0.4 is 5.32 Å². The zero-order valence-electron chi connectivity index (χ0n) is 15.2. The molecule has 0 aromatic heterocycles. The Balaban J connectivity index is 1.71. The molecule has 1 unspecified atom stereocenters. The summed E-state index contributed by atoms with van der Waals surface area (Å²) in [5, 5.41) is 33.8. The van der Waals surface area contributed by atoms with E-state index in [-0.39, 0.29) is 6.42 Å². The summed E-state index contributed by atoms with van der Waals surface area (Å²) in [6.45, 7) is 0. The van der Waals surface area contributed by atoms with E-state index in [1.54, 1.807) is 0 Å². The van der Waals surface area contributed by atoms with Gasteiger partial charge in [0.05, 0.1) is 12.2 Å². The molecule has 4 atom stereocenters. The molecular formula is C22H27NO4. The Morgan fingerprint density at radius 2 is 1.37 bits per heavy atom. The summed E-state index contributed by atoms with van der Waals surface area (Å²) in [6, 6.07) is 18.5. The molecule has 27 heavy (non-hydrogen) atoms. The predicted molar refractivity (Wildman–Crippen MR) is 103 cm³/mol. The maximum Gasteiger partial charge on any atom is 0.249 e. The summed E-state index contributed by atoms with van der Waals surface area (Å²) in [6.07, 6.45) is -0.773. The topological polar surface area (TPSA) is 89.8 Å². The van der Waals surface area contributed by atoms with Gasteiger partial charge >= 0.3 is 0 Å². The van der Waals surface area contributed by atoms with Gasteiger partial charge in [-0.05, 0) is 30.4 Å². The normalized spacial score (nSPS) is 22.3. The van der Waals surface area contributed by atoms with Crippen LogP contribution in [0.2, 0.25) is 0 Å². The molecule has 1 saturated carbocycles. The number of carbonyl (C=O) groups is 1. The molecule has 0 heterocycles. The lowest BCUT2D eigenvalue weighted by molar-refractivity contribution is -0.131. The molecule has 0 spiro atoms. The van der Waals surface area contributed by atoms with Gasteiger partial charge in [0.1, 0.15) is 6.10 Å². The fraction of sp³-hybridized carbons (Fsp3) is 0.409. The van der Waals surface area contributed by atoms with Crippen molar-refractivity contribution in [2.45, 2.75) is 50.0 Å². The van der Waals surface area contributed by atoms with Gasteiger partial charge in [-0.1, -0.05) is 60.7 Å². The maximum atomic E-state index is 12.6. The Morgan fingerprint density at radius 3 is 1.89 bits per heavy atom. The average molecular weight is 369 g/mol. The van der Waals surface area contributed by atoms with E-state index < -0.39 is 36.2 Å². The average Bonchev–Trinajstić information content (AvgIpc) is 3.01. The van der Waals surface area contributed by atoms with Crippen molar-refractivity contribution < 1.29 is 20.1 Å². The SMILES string of the molecule is O=C(N[C@@H](Cc1ccccc1)C1[C@@H](O)CC[C@@H]1O)C(O)Cc1ccccc1. The molecule has 4 N–H and O–H groups in total. The Hall–Kier alpha value is -2.21. The molecule has 2 aromatic rings. The van der Waals surface area contributed by atoms with Crippen molar-refractivity contribution in [1.82, 2.24) is 5.32 Å². The van der Waals surface area contributed by atoms with Crippen LogP contribution in [0.3, 0.4) is 0 Å². The van der Waals surface area contributed by atoms with Crippen molar-refractivity contribution in [1.29, 1.82) is 0 Å². The van der Waals surface area contributed by atoms with E-state index in [1.165, 1.54) is 0 Å². The van der Waals surface area contributed by atoms with Gasteiger partial charge in [0.2, 0.25) is 5.91 Å². The molecular weight excluding hydrogens is 342 g/mol. The van der Waals surface area contributed by atoms with Gasteiger partial charge in [0.25, 0.3) is 0 Å². The number of carbonyl (C=O) groups excluding carboxylic acids is 1. The molecule has 3 rings (SSSR count). The van der Waals surface area contributed by atoms with Gasteiger partial charge < -0.3 is 20.6 Å². The highest BCUT2D eigenvalue weighted by Gasteiger charge is 2.40. The number of hydrogen-bond donors (Lipinski definition) is 4. The Kier molecular flexibility index (Phi) is 6.61. The van der Waals surface area contributed by atoms with E-state index in [0.29, 0.717) is 19.3 Å². The predicted octanol–water partition coefficient (Wildman–Crippen LogP) is 1.45. The first kappa shape index (κ1) is 19.5. The number of amides is 1. The summed E-state index contributed by atoms with van der Waals surface area (Å²) >= 11 is 0. The minimum absolute atomic E-state index is 0.223. The van der Waals surface area contributed by atoms with Crippen molar-refractivity contribution in [2.24, 2.45) is 5.92 Å². The first-order valence-corrected chi connectivity index (χ1v) is 9.47. The summed E-state index contributed by atoms with van der Waals surface area (Å²) in [4.78, 5) is 12.6. The van der Waals surface area contributed by atoms with Gasteiger partial charge in [-0.25, -0.2) is 0 Å². The first-order valence-electron chi connectivity index (χ1n) is 9.47. The minimum Gasteiger partial charge on any atom is -0.393 e. The van der Waals surface area contributed by atoms with Crippen LogP contribution >= 0.6 is 0 Å². The van der Waals surface area contributed by atoms with Gasteiger partial charge in [-0.2, -0.15) is 0 Å². The second-order valence-electron chi connectivity index (χ2n) is 7.30. The second kappa shape index (κ2) is 9.13. The number of aliphatic hydroxyl groups is 3. The van der Waals surface area contributed by atoms with E-state index in [4.69, 9.17) is 0 Å². The molecule has 0 saturated heterocycles. The lowest BCUT2D eigenvalue weighted by Crippen LogP contribution is -2.51. The number of hydrogen-bond acceptors (Lipinski definition) is 4. The highest BCUT2D eigenvalue weighted by Crippen LogP contribution is 2.30. The Bertz CT molecular complexity index is 712. The van der Waals surface area contributed by atoms with E-state index in [2.05, 4.69) is 5.32 Å². The van der Waals surface area contributed by atoms with Crippen LogP contribution in [0.4, 0.5) is 0 Å². The van der Waals surface area contributed by atoms with Gasteiger partial charge in [-0.15, -0.1) is 0 Å². The van der Waals surface area contributed by atoms with Crippen LogP contribution in [0.15, 0.2) is 60.7 Å². The zero-order valence-corrected chi connectivity index (χ0v) is 15.2.